The van der Waals surface area contributed by atoms with Crippen LogP contribution in [-0.4, -0.2) is 0 Å². The average Bonchev–Trinajstić information content (AvgIpc) is 3.19. The normalized spacial score (nSPS) is 11.4. The smallest absolute Gasteiger partial charge is 0.0462 e. The van der Waals surface area contributed by atoms with Crippen molar-refractivity contribution in [2.24, 2.45) is 0 Å². The van der Waals surface area contributed by atoms with E-state index >= 15 is 0 Å². The minimum Gasteiger partial charge on any atom is -0.311 e. The minimum absolute atomic E-state index is 0.159. The van der Waals surface area contributed by atoms with Crippen LogP contribution in [0.15, 0.2) is 146 Å². The number of hydrogen-bond acceptors (Lipinski definition) is 2. The number of anilines is 6. The lowest BCUT2D eigenvalue weighted by molar-refractivity contribution is 0.473. The third-order valence-electron chi connectivity index (χ3n) is 10.7. The summed E-state index contributed by atoms with van der Waals surface area (Å²) < 4.78 is 0. The van der Waals surface area contributed by atoms with Gasteiger partial charge in [0.2, 0.25) is 0 Å². The van der Waals surface area contributed by atoms with Crippen molar-refractivity contribution in [3.8, 4) is 11.1 Å². The maximum Gasteiger partial charge on any atom is 0.0462 e. The fraction of sp³-hybridized carbons (Fsp3) is 0.294. The van der Waals surface area contributed by atoms with Crippen molar-refractivity contribution in [2.75, 3.05) is 9.80 Å². The van der Waals surface area contributed by atoms with Crippen LogP contribution in [0, 0.1) is 6.92 Å². The van der Waals surface area contributed by atoms with Crippen molar-refractivity contribution in [1.29, 1.82) is 0 Å². The maximum atomic E-state index is 2.39. The fourth-order valence-corrected chi connectivity index (χ4v) is 7.41. The molecule has 0 fully saturated rings. The van der Waals surface area contributed by atoms with Crippen LogP contribution in [-0.2, 0) is 18.3 Å². The molecule has 0 spiro atoms. The molecule has 0 atom stereocenters. The summed E-state index contributed by atoms with van der Waals surface area (Å²) in [5.41, 5.74) is 15.0. The zero-order chi connectivity index (χ0) is 37.2. The Bertz CT molecular complexity index is 1990. The molecular formula is C51H58N2. The molecule has 0 unspecified atom stereocenters. The Hall–Kier alpha value is -5.08. The molecule has 2 heteroatoms. The molecule has 6 aromatic rings. The average molecular weight is 699 g/mol. The van der Waals surface area contributed by atoms with E-state index in [2.05, 4.69) is 197 Å². The first-order valence-corrected chi connectivity index (χ1v) is 20.0. The molecule has 0 radical (unpaired) electrons. The molecular weight excluding hydrogens is 641 g/mol. The molecule has 0 bridgehead atoms. The lowest BCUT2D eigenvalue weighted by Gasteiger charge is -2.28. The van der Waals surface area contributed by atoms with E-state index in [4.69, 9.17) is 0 Å². The van der Waals surface area contributed by atoms with Gasteiger partial charge in [0, 0.05) is 34.1 Å². The van der Waals surface area contributed by atoms with Gasteiger partial charge in [-0.05, 0) is 145 Å². The number of unbranched alkanes of at least 4 members (excludes halogenated alkanes) is 2. The number of rotatable bonds is 16. The number of benzene rings is 6. The second-order valence-electron chi connectivity index (χ2n) is 15.3. The molecule has 0 heterocycles. The van der Waals surface area contributed by atoms with Crippen LogP contribution < -0.4 is 9.80 Å². The zero-order valence-corrected chi connectivity index (χ0v) is 32.9. The van der Waals surface area contributed by atoms with Crippen LogP contribution in [0.2, 0.25) is 0 Å². The van der Waals surface area contributed by atoms with Crippen LogP contribution >= 0.6 is 0 Å². The second kappa shape index (κ2) is 17.6. The molecule has 6 aromatic carbocycles. The summed E-state index contributed by atoms with van der Waals surface area (Å²) in [6.45, 7) is 13.6. The van der Waals surface area contributed by atoms with Crippen molar-refractivity contribution >= 4 is 34.1 Å². The van der Waals surface area contributed by atoms with E-state index in [1.807, 2.05) is 0 Å². The van der Waals surface area contributed by atoms with Crippen molar-refractivity contribution < 1.29 is 0 Å². The molecule has 0 saturated carbocycles. The summed E-state index contributed by atoms with van der Waals surface area (Å²) in [4.78, 5) is 4.75. The van der Waals surface area contributed by atoms with Crippen LogP contribution in [0.25, 0.3) is 11.1 Å². The standard InChI is InChI=1S/C51H58N2/c1-7-10-12-40-16-28-46(29-17-40)52(45-26-14-39(4)15-27-45)48-32-20-42(21-33-48)43-22-34-49(35-23-43)53(47-30-18-41(19-31-47)13-11-8-2)50-36-24-44(25-37-50)51(5,6)38-9-3/h14-37H,7-13,38H2,1-6H3. The van der Waals surface area contributed by atoms with Gasteiger partial charge in [-0.1, -0.05) is 132 Å². The largest absolute Gasteiger partial charge is 0.311 e. The molecule has 0 aliphatic heterocycles. The highest BCUT2D eigenvalue weighted by molar-refractivity contribution is 5.81. The van der Waals surface area contributed by atoms with Crippen LogP contribution in [0.5, 0.6) is 0 Å². The van der Waals surface area contributed by atoms with Crippen LogP contribution in [0.3, 0.4) is 0 Å². The molecule has 2 nitrogen and oxygen atoms in total. The predicted octanol–water partition coefficient (Wildman–Crippen LogP) is 15.4. The summed E-state index contributed by atoms with van der Waals surface area (Å²) in [6.07, 6.45) is 9.47. The Labute approximate surface area is 320 Å². The lowest BCUT2D eigenvalue weighted by Crippen LogP contribution is -2.17. The first kappa shape index (κ1) is 37.7. The third-order valence-corrected chi connectivity index (χ3v) is 10.7. The number of hydrogen-bond donors (Lipinski definition) is 0. The quantitative estimate of drug-likeness (QED) is 0.0993. The summed E-state index contributed by atoms with van der Waals surface area (Å²) in [5, 5.41) is 0. The molecule has 0 N–H and O–H groups in total. The topological polar surface area (TPSA) is 6.48 Å². The Morgan fingerprint density at radius 2 is 0.717 bits per heavy atom. The van der Waals surface area contributed by atoms with Crippen molar-refractivity contribution in [3.05, 3.63) is 168 Å². The summed E-state index contributed by atoms with van der Waals surface area (Å²) in [5.74, 6) is 0. The molecule has 0 amide bonds. The SMILES string of the molecule is CCCCc1ccc(N(c2ccc(C)cc2)c2ccc(-c3ccc(N(c4ccc(CCCC)cc4)c4ccc(C(C)(C)CCC)cc4)cc3)cc2)cc1. The van der Waals surface area contributed by atoms with E-state index in [1.54, 1.807) is 0 Å². The van der Waals surface area contributed by atoms with E-state index in [9.17, 15) is 0 Å². The monoisotopic (exact) mass is 698 g/mol. The molecule has 53 heavy (non-hydrogen) atoms. The van der Waals surface area contributed by atoms with E-state index < -0.39 is 0 Å². The molecule has 6 rings (SSSR count). The van der Waals surface area contributed by atoms with Gasteiger partial charge < -0.3 is 9.80 Å². The van der Waals surface area contributed by atoms with Crippen LogP contribution in [0.1, 0.15) is 95.4 Å². The predicted molar refractivity (Wildman–Crippen MR) is 231 cm³/mol. The molecule has 0 aromatic heterocycles. The maximum absolute atomic E-state index is 2.39. The highest BCUT2D eigenvalue weighted by atomic mass is 15.1. The number of nitrogens with zero attached hydrogens (tertiary/aromatic N) is 2. The summed E-state index contributed by atoms with van der Waals surface area (Å²) in [6, 6.07) is 54.4. The Morgan fingerprint density at radius 3 is 1.06 bits per heavy atom. The fourth-order valence-electron chi connectivity index (χ4n) is 7.41. The first-order chi connectivity index (χ1) is 25.8. The van der Waals surface area contributed by atoms with E-state index in [1.165, 1.54) is 89.0 Å². The van der Waals surface area contributed by atoms with Gasteiger partial charge in [0.05, 0.1) is 0 Å². The van der Waals surface area contributed by atoms with Gasteiger partial charge in [-0.2, -0.15) is 0 Å². The van der Waals surface area contributed by atoms with Crippen LogP contribution in [0.4, 0.5) is 34.1 Å². The minimum atomic E-state index is 0.159. The molecule has 0 saturated heterocycles. The highest BCUT2D eigenvalue weighted by Crippen LogP contribution is 2.39. The molecule has 0 aliphatic rings. The summed E-state index contributed by atoms with van der Waals surface area (Å²) >= 11 is 0. The van der Waals surface area contributed by atoms with Gasteiger partial charge in [-0.3, -0.25) is 0 Å². The van der Waals surface area contributed by atoms with E-state index in [-0.39, 0.29) is 5.41 Å². The van der Waals surface area contributed by atoms with E-state index in [0.717, 1.165) is 29.9 Å². The molecule has 272 valence electrons. The van der Waals surface area contributed by atoms with Crippen molar-refractivity contribution in [1.82, 2.24) is 0 Å². The van der Waals surface area contributed by atoms with E-state index in [0.29, 0.717) is 0 Å². The van der Waals surface area contributed by atoms with Gasteiger partial charge in [-0.25, -0.2) is 0 Å². The zero-order valence-electron chi connectivity index (χ0n) is 32.9. The van der Waals surface area contributed by atoms with Crippen molar-refractivity contribution in [2.45, 2.75) is 98.3 Å². The van der Waals surface area contributed by atoms with Gasteiger partial charge in [-0.15, -0.1) is 0 Å². The van der Waals surface area contributed by atoms with Crippen molar-refractivity contribution in [3.63, 3.8) is 0 Å². The number of aryl methyl sites for hydroxylation is 3. The highest BCUT2D eigenvalue weighted by Gasteiger charge is 2.21. The Balaban J connectivity index is 1.29. The third kappa shape index (κ3) is 9.30. The Kier molecular flexibility index (Phi) is 12.5. The second-order valence-corrected chi connectivity index (χ2v) is 15.3. The molecule has 0 aliphatic carbocycles. The van der Waals surface area contributed by atoms with Gasteiger partial charge in [0.25, 0.3) is 0 Å². The lowest BCUT2D eigenvalue weighted by atomic mass is 9.81. The summed E-state index contributed by atoms with van der Waals surface area (Å²) in [7, 11) is 0. The first-order valence-electron chi connectivity index (χ1n) is 20.0. The Morgan fingerprint density at radius 1 is 0.396 bits per heavy atom. The van der Waals surface area contributed by atoms with Gasteiger partial charge in [0.15, 0.2) is 0 Å². The van der Waals surface area contributed by atoms with Gasteiger partial charge >= 0.3 is 0 Å². The van der Waals surface area contributed by atoms with Gasteiger partial charge in [0.1, 0.15) is 0 Å².